The minimum absolute atomic E-state index is 0.229. The molecule has 280 valence electrons. The largest absolute Gasteiger partial charge is 0.480 e. The molecule has 2 atom stereocenters. The number of carbonyl (C=O) groups is 1. The second kappa shape index (κ2) is 27.0. The van der Waals surface area contributed by atoms with Crippen LogP contribution in [0.25, 0.3) is 0 Å². The van der Waals surface area contributed by atoms with Gasteiger partial charge in [0.2, 0.25) is 0 Å². The predicted molar refractivity (Wildman–Crippen MR) is 216 cm³/mol. The Hall–Kier alpha value is -2.76. The van der Waals surface area contributed by atoms with Crippen molar-refractivity contribution in [1.29, 1.82) is 0 Å². The molecule has 0 spiro atoms. The molecule has 5 heteroatoms. The van der Waals surface area contributed by atoms with Gasteiger partial charge in [0, 0.05) is 31.9 Å². The van der Waals surface area contributed by atoms with Gasteiger partial charge < -0.3 is 10.0 Å². The van der Waals surface area contributed by atoms with E-state index in [0.29, 0.717) is 23.9 Å². The lowest BCUT2D eigenvalue weighted by Gasteiger charge is -2.38. The molecule has 5 rings (SSSR count). The average Bonchev–Trinajstić information content (AvgIpc) is 3.63. The standard InChI is InChI=1S/C32H49N3O2.C6H6.C5H12.C2H6/c1-25(29(22-33-2)15-13-26-9-5-3-6-10-26)28-17-19-34(20-18-28)23-27-14-16-31(21-27)35(24-32(36)37)30-11-7-4-8-12-30;1-2-4-6-5-3-1;1-3-5-4-2;1-2/h3,5-6,9-10,22,27-28,30-31H,4,7-8,11-21,23-24H2,1-2H3,(H,36,37);1-6H;3-5H2,1-2H3;1-2H3/b29-25+,33-22?;;;. The van der Waals surface area contributed by atoms with Crippen LogP contribution in [-0.2, 0) is 11.2 Å². The second-order valence-electron chi connectivity index (χ2n) is 14.4. The zero-order chi connectivity index (χ0) is 36.4. The van der Waals surface area contributed by atoms with Gasteiger partial charge in [-0.15, -0.1) is 0 Å². The maximum Gasteiger partial charge on any atom is 0.317 e. The van der Waals surface area contributed by atoms with E-state index in [0.717, 1.165) is 12.8 Å². The van der Waals surface area contributed by atoms with Gasteiger partial charge in [0.05, 0.1) is 6.54 Å². The van der Waals surface area contributed by atoms with Gasteiger partial charge in [-0.3, -0.25) is 14.7 Å². The Morgan fingerprint density at radius 2 is 1.42 bits per heavy atom. The first-order valence-corrected chi connectivity index (χ1v) is 20.3. The fraction of sp³-hybridized carbons (Fsp3) is 0.644. The van der Waals surface area contributed by atoms with E-state index in [9.17, 15) is 9.90 Å². The fourth-order valence-corrected chi connectivity index (χ4v) is 8.00. The normalized spacial score (nSPS) is 20.5. The summed E-state index contributed by atoms with van der Waals surface area (Å²) in [7, 11) is 1.89. The number of carboxylic acid groups (broad SMARTS) is 1. The summed E-state index contributed by atoms with van der Waals surface area (Å²) in [5.41, 5.74) is 4.36. The summed E-state index contributed by atoms with van der Waals surface area (Å²) < 4.78 is 0. The number of likely N-dealkylation sites (tertiary alicyclic amines) is 1. The number of nitrogens with zero attached hydrogens (tertiary/aromatic N) is 3. The molecule has 2 saturated carbocycles. The fourth-order valence-electron chi connectivity index (χ4n) is 8.00. The van der Waals surface area contributed by atoms with Gasteiger partial charge in [-0.25, -0.2) is 0 Å². The molecule has 0 bridgehead atoms. The van der Waals surface area contributed by atoms with Crippen LogP contribution in [-0.4, -0.2) is 72.4 Å². The Bertz CT molecular complexity index is 1140. The van der Waals surface area contributed by atoms with Crippen molar-refractivity contribution in [1.82, 2.24) is 9.80 Å². The number of benzene rings is 2. The van der Waals surface area contributed by atoms with Gasteiger partial charge in [0.1, 0.15) is 0 Å². The molecule has 3 aliphatic rings. The molecule has 1 saturated heterocycles. The Kier molecular flexibility index (Phi) is 23.4. The molecule has 2 aromatic rings. The summed E-state index contributed by atoms with van der Waals surface area (Å²) >= 11 is 0. The van der Waals surface area contributed by atoms with Crippen molar-refractivity contribution in [2.75, 3.05) is 33.2 Å². The second-order valence-corrected chi connectivity index (χ2v) is 14.4. The molecular formula is C45H73N3O2. The van der Waals surface area contributed by atoms with Gasteiger partial charge >= 0.3 is 5.97 Å². The summed E-state index contributed by atoms with van der Waals surface area (Å²) in [4.78, 5) is 21.1. The molecule has 0 amide bonds. The van der Waals surface area contributed by atoms with Crippen molar-refractivity contribution in [2.24, 2.45) is 16.8 Å². The number of unbranched alkanes of at least 4 members (excludes halogenated alkanes) is 2. The van der Waals surface area contributed by atoms with E-state index in [1.165, 1.54) is 114 Å². The monoisotopic (exact) mass is 688 g/mol. The van der Waals surface area contributed by atoms with Gasteiger partial charge in [-0.1, -0.05) is 139 Å². The van der Waals surface area contributed by atoms with Crippen LogP contribution >= 0.6 is 0 Å². The molecule has 3 fully saturated rings. The number of piperidine rings is 1. The lowest BCUT2D eigenvalue weighted by atomic mass is 9.85. The minimum atomic E-state index is -0.657. The maximum atomic E-state index is 11.6. The van der Waals surface area contributed by atoms with E-state index >= 15 is 0 Å². The Morgan fingerprint density at radius 1 is 0.840 bits per heavy atom. The lowest BCUT2D eigenvalue weighted by Crippen LogP contribution is -2.46. The van der Waals surface area contributed by atoms with Crippen LogP contribution < -0.4 is 0 Å². The zero-order valence-electron chi connectivity index (χ0n) is 32.9. The number of hydrogen-bond donors (Lipinski definition) is 1. The Balaban J connectivity index is 0.000000565. The summed E-state index contributed by atoms with van der Waals surface area (Å²) in [5, 5.41) is 9.57. The molecule has 2 aromatic carbocycles. The summed E-state index contributed by atoms with van der Waals surface area (Å²) in [5.74, 6) is 0.719. The van der Waals surface area contributed by atoms with E-state index in [-0.39, 0.29) is 6.54 Å². The molecule has 5 nitrogen and oxygen atoms in total. The molecule has 2 unspecified atom stereocenters. The number of aliphatic imine (C=N–C) groups is 1. The first-order chi connectivity index (χ1) is 24.4. The van der Waals surface area contributed by atoms with E-state index in [2.05, 4.69) is 72.1 Å². The van der Waals surface area contributed by atoms with Crippen LogP contribution in [0.4, 0.5) is 0 Å². The molecule has 50 heavy (non-hydrogen) atoms. The molecule has 0 radical (unpaired) electrons. The zero-order valence-corrected chi connectivity index (χ0v) is 32.9. The van der Waals surface area contributed by atoms with Crippen LogP contribution in [0.3, 0.4) is 0 Å². The minimum Gasteiger partial charge on any atom is -0.480 e. The molecular weight excluding hydrogens is 615 g/mol. The third kappa shape index (κ3) is 17.0. The summed E-state index contributed by atoms with van der Waals surface area (Å²) in [6, 6.07) is 23.7. The van der Waals surface area contributed by atoms with Crippen LogP contribution in [0.5, 0.6) is 0 Å². The van der Waals surface area contributed by atoms with Crippen molar-refractivity contribution in [3.8, 4) is 0 Å². The van der Waals surface area contributed by atoms with Crippen molar-refractivity contribution in [3.05, 3.63) is 83.4 Å². The van der Waals surface area contributed by atoms with E-state index in [1.54, 1.807) is 5.57 Å². The van der Waals surface area contributed by atoms with Crippen molar-refractivity contribution < 1.29 is 9.90 Å². The number of aliphatic carboxylic acids is 1. The first-order valence-electron chi connectivity index (χ1n) is 20.3. The highest BCUT2D eigenvalue weighted by molar-refractivity contribution is 5.79. The highest BCUT2D eigenvalue weighted by Crippen LogP contribution is 2.35. The topological polar surface area (TPSA) is 56.1 Å². The smallest absolute Gasteiger partial charge is 0.317 e. The number of carboxylic acids is 1. The van der Waals surface area contributed by atoms with Crippen molar-refractivity contribution in [3.63, 3.8) is 0 Å². The predicted octanol–water partition coefficient (Wildman–Crippen LogP) is 11.1. The van der Waals surface area contributed by atoms with Crippen molar-refractivity contribution in [2.45, 2.75) is 143 Å². The third-order valence-electron chi connectivity index (χ3n) is 10.8. The van der Waals surface area contributed by atoms with Gasteiger partial charge in [0.25, 0.3) is 0 Å². The van der Waals surface area contributed by atoms with Crippen LogP contribution in [0.1, 0.15) is 130 Å². The number of allylic oxidation sites excluding steroid dienone is 2. The van der Waals surface area contributed by atoms with E-state index in [4.69, 9.17) is 0 Å². The van der Waals surface area contributed by atoms with Gasteiger partial charge in [0.15, 0.2) is 0 Å². The van der Waals surface area contributed by atoms with Gasteiger partial charge in [-0.2, -0.15) is 0 Å². The summed E-state index contributed by atoms with van der Waals surface area (Å²) in [6.45, 7) is 14.5. The number of aryl methyl sites for hydroxylation is 1. The van der Waals surface area contributed by atoms with E-state index in [1.807, 2.05) is 57.3 Å². The lowest BCUT2D eigenvalue weighted by molar-refractivity contribution is -0.140. The average molecular weight is 688 g/mol. The maximum absolute atomic E-state index is 11.6. The van der Waals surface area contributed by atoms with Crippen LogP contribution in [0.2, 0.25) is 0 Å². The van der Waals surface area contributed by atoms with Crippen molar-refractivity contribution >= 4 is 12.2 Å². The molecule has 1 N–H and O–H groups in total. The highest BCUT2D eigenvalue weighted by atomic mass is 16.4. The number of hydrogen-bond acceptors (Lipinski definition) is 4. The third-order valence-corrected chi connectivity index (χ3v) is 10.8. The van der Waals surface area contributed by atoms with Crippen LogP contribution in [0, 0.1) is 11.8 Å². The van der Waals surface area contributed by atoms with E-state index < -0.39 is 5.97 Å². The Morgan fingerprint density at radius 3 is 1.94 bits per heavy atom. The van der Waals surface area contributed by atoms with Gasteiger partial charge in [-0.05, 0) is 101 Å². The first kappa shape index (κ1) is 43.4. The molecule has 1 heterocycles. The molecule has 2 aliphatic carbocycles. The highest BCUT2D eigenvalue weighted by Gasteiger charge is 2.35. The quantitative estimate of drug-likeness (QED) is 0.213. The molecule has 1 aliphatic heterocycles. The molecule has 0 aromatic heterocycles. The SMILES string of the molecule is CC.CCCCC.CN=C/C(CCc1ccccc1)=C(\C)C1CCN(CC2CCC(N(CC(=O)O)C3CCCCC3)C2)CC1.c1ccccc1. The summed E-state index contributed by atoms with van der Waals surface area (Å²) in [6.07, 6.45) is 20.6. The van der Waals surface area contributed by atoms with Crippen LogP contribution in [0.15, 0.2) is 82.9 Å². The Labute approximate surface area is 307 Å². The number of rotatable bonds is 13.